The molecule has 3 fully saturated rings. The largest absolute Gasteiger partial charge is 0.394 e. The van der Waals surface area contributed by atoms with Crippen molar-refractivity contribution in [3.05, 3.63) is 0 Å². The van der Waals surface area contributed by atoms with Gasteiger partial charge in [-0.3, -0.25) is 9.09 Å². The van der Waals surface area contributed by atoms with Crippen LogP contribution in [0.2, 0.25) is 0 Å². The molecule has 1 saturated carbocycles. The standard InChI is InChI=1S/C16H29Cl2N2O6P/c17-6-8-20(9-7-18)27(23)19-13-15(26-27)14(22)12(10-21)25-16(13)24-11-4-2-1-3-5-11/h11-16,21-22H,1-10H2,(H,19,23)/t12-,13-,14-,15+,16-,27?/m1/s1. The van der Waals surface area contributed by atoms with E-state index in [0.717, 1.165) is 25.7 Å². The molecule has 1 unspecified atom stereocenters. The third kappa shape index (κ3) is 5.00. The minimum atomic E-state index is -3.47. The van der Waals surface area contributed by atoms with Gasteiger partial charge in [-0.15, -0.1) is 23.2 Å². The van der Waals surface area contributed by atoms with Crippen LogP contribution in [0.4, 0.5) is 0 Å². The van der Waals surface area contributed by atoms with E-state index in [-0.39, 0.29) is 24.5 Å². The zero-order chi connectivity index (χ0) is 19.4. The highest BCUT2D eigenvalue weighted by Crippen LogP contribution is 2.55. The third-order valence-electron chi connectivity index (χ3n) is 5.37. The molecule has 0 aromatic carbocycles. The topological polar surface area (TPSA) is 100 Å². The average molecular weight is 447 g/mol. The van der Waals surface area contributed by atoms with Gasteiger partial charge in [0.25, 0.3) is 0 Å². The molecule has 0 bridgehead atoms. The van der Waals surface area contributed by atoms with Gasteiger partial charge in [-0.05, 0) is 12.8 Å². The molecule has 1 aliphatic carbocycles. The van der Waals surface area contributed by atoms with Crippen LogP contribution in [-0.4, -0.2) is 83.1 Å². The number of hydrogen-bond acceptors (Lipinski definition) is 6. The number of aliphatic hydroxyl groups is 2. The number of nitrogens with zero attached hydrogens (tertiary/aromatic N) is 1. The van der Waals surface area contributed by atoms with E-state index in [4.69, 9.17) is 37.2 Å². The molecule has 3 N–H and O–H groups in total. The molecule has 0 spiro atoms. The zero-order valence-corrected chi connectivity index (χ0v) is 17.6. The summed E-state index contributed by atoms with van der Waals surface area (Å²) < 4.78 is 32.8. The third-order valence-corrected chi connectivity index (χ3v) is 8.00. The molecule has 0 aromatic rings. The molecule has 27 heavy (non-hydrogen) atoms. The molecule has 0 radical (unpaired) electrons. The van der Waals surface area contributed by atoms with Crippen LogP contribution in [0.25, 0.3) is 0 Å². The summed E-state index contributed by atoms with van der Waals surface area (Å²) in [6, 6.07) is -0.608. The Hall–Kier alpha value is 0.530. The number of halogens is 2. The van der Waals surface area contributed by atoms with E-state index in [9.17, 15) is 14.8 Å². The first-order chi connectivity index (χ1) is 13.0. The maximum atomic E-state index is 13.4. The number of aliphatic hydroxyl groups excluding tert-OH is 2. The lowest BCUT2D eigenvalue weighted by molar-refractivity contribution is -0.273. The fourth-order valence-corrected chi connectivity index (χ4v) is 6.90. The molecule has 11 heteroatoms. The van der Waals surface area contributed by atoms with Crippen LogP contribution >= 0.6 is 30.9 Å². The first-order valence-corrected chi connectivity index (χ1v) is 12.2. The molecule has 2 aliphatic heterocycles. The summed E-state index contributed by atoms with van der Waals surface area (Å²) in [6.45, 7) is 0.273. The van der Waals surface area contributed by atoms with Gasteiger partial charge < -0.3 is 19.7 Å². The number of nitrogens with one attached hydrogen (secondary N) is 1. The van der Waals surface area contributed by atoms with Crippen LogP contribution in [0, 0.1) is 0 Å². The van der Waals surface area contributed by atoms with E-state index in [0.29, 0.717) is 13.1 Å². The highest BCUT2D eigenvalue weighted by molar-refractivity contribution is 7.54. The summed E-state index contributed by atoms with van der Waals surface area (Å²) >= 11 is 11.7. The van der Waals surface area contributed by atoms with Gasteiger partial charge in [-0.25, -0.2) is 9.76 Å². The van der Waals surface area contributed by atoms with Crippen molar-refractivity contribution in [3.63, 3.8) is 0 Å². The molecular formula is C16H29Cl2N2O6P. The Kier molecular flexibility index (Phi) is 8.25. The Morgan fingerprint density at radius 3 is 2.44 bits per heavy atom. The monoisotopic (exact) mass is 446 g/mol. The van der Waals surface area contributed by atoms with Crippen LogP contribution in [0.5, 0.6) is 0 Å². The van der Waals surface area contributed by atoms with E-state index in [1.807, 2.05) is 0 Å². The van der Waals surface area contributed by atoms with Gasteiger partial charge in [-0.2, -0.15) is 0 Å². The predicted molar refractivity (Wildman–Crippen MR) is 102 cm³/mol. The second-order valence-electron chi connectivity index (χ2n) is 7.19. The molecule has 2 saturated heterocycles. The second kappa shape index (κ2) is 10.0. The fourth-order valence-electron chi connectivity index (χ4n) is 3.94. The summed E-state index contributed by atoms with van der Waals surface area (Å²) in [5.41, 5.74) is 0. The quantitative estimate of drug-likeness (QED) is 0.382. The Morgan fingerprint density at radius 2 is 1.85 bits per heavy atom. The van der Waals surface area contributed by atoms with Gasteiger partial charge in [0.05, 0.1) is 18.8 Å². The van der Waals surface area contributed by atoms with E-state index in [1.165, 1.54) is 6.42 Å². The maximum absolute atomic E-state index is 13.4. The van der Waals surface area contributed by atoms with E-state index in [2.05, 4.69) is 5.09 Å². The van der Waals surface area contributed by atoms with E-state index >= 15 is 0 Å². The maximum Gasteiger partial charge on any atom is 0.344 e. The Bertz CT molecular complexity index is 521. The molecule has 0 amide bonds. The summed E-state index contributed by atoms with van der Waals surface area (Å²) in [5.74, 6) is 0.531. The molecular weight excluding hydrogens is 418 g/mol. The lowest BCUT2D eigenvalue weighted by atomic mass is 9.96. The van der Waals surface area contributed by atoms with Gasteiger partial charge in [0.15, 0.2) is 6.29 Å². The van der Waals surface area contributed by atoms with Gasteiger partial charge in [0.1, 0.15) is 18.3 Å². The zero-order valence-electron chi connectivity index (χ0n) is 15.2. The Morgan fingerprint density at radius 1 is 1.19 bits per heavy atom. The molecule has 6 atom stereocenters. The Balaban J connectivity index is 1.77. The van der Waals surface area contributed by atoms with Crippen LogP contribution in [-0.2, 0) is 18.6 Å². The van der Waals surface area contributed by atoms with Crippen molar-refractivity contribution < 1.29 is 28.8 Å². The predicted octanol–water partition coefficient (Wildman–Crippen LogP) is 1.66. The minimum Gasteiger partial charge on any atom is -0.394 e. The van der Waals surface area contributed by atoms with Gasteiger partial charge in [-0.1, -0.05) is 19.3 Å². The van der Waals surface area contributed by atoms with E-state index < -0.39 is 38.3 Å². The molecule has 2 heterocycles. The van der Waals surface area contributed by atoms with Crippen LogP contribution in [0.1, 0.15) is 32.1 Å². The van der Waals surface area contributed by atoms with Crippen molar-refractivity contribution in [3.8, 4) is 0 Å². The smallest absolute Gasteiger partial charge is 0.344 e. The first-order valence-electron chi connectivity index (χ1n) is 9.56. The number of alkyl halides is 2. The van der Waals surface area contributed by atoms with Crippen molar-refractivity contribution >= 4 is 30.9 Å². The van der Waals surface area contributed by atoms with Gasteiger partial charge in [0, 0.05) is 24.8 Å². The van der Waals surface area contributed by atoms with Crippen molar-refractivity contribution in [2.24, 2.45) is 0 Å². The normalized spacial score (nSPS) is 40.4. The first kappa shape index (κ1) is 22.2. The van der Waals surface area contributed by atoms with Crippen molar-refractivity contribution in [2.45, 2.75) is 68.9 Å². The number of rotatable bonds is 8. The van der Waals surface area contributed by atoms with Crippen molar-refractivity contribution in [1.29, 1.82) is 0 Å². The Labute approximate surface area is 170 Å². The lowest BCUT2D eigenvalue weighted by Gasteiger charge is -2.41. The molecule has 8 nitrogen and oxygen atoms in total. The summed E-state index contributed by atoms with van der Waals surface area (Å²) in [7, 11) is -3.47. The van der Waals surface area contributed by atoms with Crippen molar-refractivity contribution in [1.82, 2.24) is 9.76 Å². The van der Waals surface area contributed by atoms with Crippen LogP contribution in [0.3, 0.4) is 0 Å². The number of hydrogen-bond donors (Lipinski definition) is 3. The number of ether oxygens (including phenoxy) is 2. The fraction of sp³-hybridized carbons (Fsp3) is 1.00. The second-order valence-corrected chi connectivity index (χ2v) is 10.0. The number of fused-ring (bicyclic) bond motifs is 1. The summed E-state index contributed by atoms with van der Waals surface area (Å²) in [6.07, 6.45) is 1.75. The molecule has 0 aromatic heterocycles. The molecule has 158 valence electrons. The van der Waals surface area contributed by atoms with Crippen LogP contribution in [0.15, 0.2) is 0 Å². The van der Waals surface area contributed by atoms with Crippen LogP contribution < -0.4 is 5.09 Å². The molecule has 3 rings (SSSR count). The SMILES string of the molecule is O=P1(N(CCCl)CCCl)N[C@H]2[C@H](OC3CCCCC3)O[C@H](CO)[C@@H](O)[C@H]2O1. The van der Waals surface area contributed by atoms with E-state index in [1.54, 1.807) is 4.67 Å². The summed E-state index contributed by atoms with van der Waals surface area (Å²) in [4.78, 5) is 0. The van der Waals surface area contributed by atoms with Gasteiger partial charge in [0.2, 0.25) is 0 Å². The minimum absolute atomic E-state index is 0.0440. The summed E-state index contributed by atoms with van der Waals surface area (Å²) in [5, 5.41) is 23.1. The highest BCUT2D eigenvalue weighted by Gasteiger charge is 2.57. The van der Waals surface area contributed by atoms with Crippen molar-refractivity contribution in [2.75, 3.05) is 31.5 Å². The highest BCUT2D eigenvalue weighted by atomic mass is 35.5. The van der Waals surface area contributed by atoms with Gasteiger partial charge >= 0.3 is 7.67 Å². The lowest BCUT2D eigenvalue weighted by Crippen LogP contribution is -2.61. The average Bonchev–Trinajstić information content (AvgIpc) is 3.04. The molecule has 3 aliphatic rings.